The molecule has 0 radical (unpaired) electrons. The second kappa shape index (κ2) is 5.41. The number of pyridine rings is 2. The SMILES string of the molecule is CNCc1cncc(-c2cncc(OC)c2)c1. The summed E-state index contributed by atoms with van der Waals surface area (Å²) in [6, 6.07) is 4.05. The summed E-state index contributed by atoms with van der Waals surface area (Å²) in [4.78, 5) is 8.37. The molecule has 4 nitrogen and oxygen atoms in total. The molecule has 0 aliphatic rings. The van der Waals surface area contributed by atoms with E-state index in [-0.39, 0.29) is 0 Å². The van der Waals surface area contributed by atoms with Crippen LogP contribution in [0.15, 0.2) is 36.9 Å². The van der Waals surface area contributed by atoms with Gasteiger partial charge in [0.2, 0.25) is 0 Å². The zero-order valence-electron chi connectivity index (χ0n) is 9.97. The van der Waals surface area contributed by atoms with Gasteiger partial charge in [0.25, 0.3) is 0 Å². The highest BCUT2D eigenvalue weighted by Crippen LogP contribution is 2.22. The molecule has 0 spiro atoms. The first-order chi connectivity index (χ1) is 8.33. The number of methoxy groups -OCH3 is 1. The Kier molecular flexibility index (Phi) is 3.67. The fourth-order valence-corrected chi connectivity index (χ4v) is 1.63. The van der Waals surface area contributed by atoms with E-state index < -0.39 is 0 Å². The van der Waals surface area contributed by atoms with Crippen LogP contribution >= 0.6 is 0 Å². The fraction of sp³-hybridized carbons (Fsp3) is 0.231. The third-order valence-corrected chi connectivity index (χ3v) is 2.46. The molecule has 1 N–H and O–H groups in total. The molecule has 2 heterocycles. The molecule has 0 aliphatic heterocycles. The van der Waals surface area contributed by atoms with Gasteiger partial charge in [-0.2, -0.15) is 0 Å². The van der Waals surface area contributed by atoms with Gasteiger partial charge in [-0.25, -0.2) is 0 Å². The molecule has 17 heavy (non-hydrogen) atoms. The monoisotopic (exact) mass is 229 g/mol. The lowest BCUT2D eigenvalue weighted by Crippen LogP contribution is -2.05. The van der Waals surface area contributed by atoms with E-state index in [9.17, 15) is 0 Å². The smallest absolute Gasteiger partial charge is 0.137 e. The van der Waals surface area contributed by atoms with E-state index in [1.807, 2.05) is 31.7 Å². The molecule has 0 aliphatic carbocycles. The first kappa shape index (κ1) is 11.5. The molecular weight excluding hydrogens is 214 g/mol. The Morgan fingerprint density at radius 3 is 2.47 bits per heavy atom. The Morgan fingerprint density at radius 1 is 1.06 bits per heavy atom. The van der Waals surface area contributed by atoms with Gasteiger partial charge < -0.3 is 10.1 Å². The van der Waals surface area contributed by atoms with E-state index in [2.05, 4.69) is 21.4 Å². The lowest BCUT2D eigenvalue weighted by molar-refractivity contribution is 0.413. The third-order valence-electron chi connectivity index (χ3n) is 2.46. The minimum absolute atomic E-state index is 0.751. The van der Waals surface area contributed by atoms with Gasteiger partial charge in [0.1, 0.15) is 5.75 Å². The molecule has 0 fully saturated rings. The van der Waals surface area contributed by atoms with Crippen molar-refractivity contribution in [2.24, 2.45) is 0 Å². The zero-order chi connectivity index (χ0) is 12.1. The summed E-state index contributed by atoms with van der Waals surface area (Å²) in [5.74, 6) is 0.751. The van der Waals surface area contributed by atoms with Crippen LogP contribution < -0.4 is 10.1 Å². The first-order valence-corrected chi connectivity index (χ1v) is 5.41. The topological polar surface area (TPSA) is 47.0 Å². The molecule has 88 valence electrons. The Morgan fingerprint density at radius 2 is 1.76 bits per heavy atom. The van der Waals surface area contributed by atoms with Crippen LogP contribution in [0.4, 0.5) is 0 Å². The van der Waals surface area contributed by atoms with Crippen LogP contribution in [0.5, 0.6) is 5.75 Å². The van der Waals surface area contributed by atoms with Crippen molar-refractivity contribution in [2.75, 3.05) is 14.2 Å². The highest BCUT2D eigenvalue weighted by Gasteiger charge is 2.02. The van der Waals surface area contributed by atoms with Crippen molar-refractivity contribution < 1.29 is 4.74 Å². The summed E-state index contributed by atoms with van der Waals surface area (Å²) in [6.07, 6.45) is 7.18. The number of hydrogen-bond donors (Lipinski definition) is 1. The van der Waals surface area contributed by atoms with Crippen molar-refractivity contribution in [3.8, 4) is 16.9 Å². The lowest BCUT2D eigenvalue weighted by atomic mass is 10.1. The second-order valence-electron chi connectivity index (χ2n) is 3.73. The third kappa shape index (κ3) is 2.79. The van der Waals surface area contributed by atoms with Gasteiger partial charge in [0.05, 0.1) is 13.3 Å². The van der Waals surface area contributed by atoms with Gasteiger partial charge in [-0.1, -0.05) is 0 Å². The number of hydrogen-bond acceptors (Lipinski definition) is 4. The number of rotatable bonds is 4. The van der Waals surface area contributed by atoms with Gasteiger partial charge in [-0.15, -0.1) is 0 Å². The van der Waals surface area contributed by atoms with E-state index in [4.69, 9.17) is 4.74 Å². The average Bonchev–Trinajstić information content (AvgIpc) is 2.40. The Hall–Kier alpha value is -1.94. The van der Waals surface area contributed by atoms with Gasteiger partial charge in [-0.05, 0) is 24.7 Å². The summed E-state index contributed by atoms with van der Waals surface area (Å²) in [6.45, 7) is 0.804. The van der Waals surface area contributed by atoms with E-state index in [0.717, 1.165) is 29.0 Å². The van der Waals surface area contributed by atoms with Crippen molar-refractivity contribution >= 4 is 0 Å². The van der Waals surface area contributed by atoms with E-state index >= 15 is 0 Å². The molecule has 0 saturated carbocycles. The second-order valence-corrected chi connectivity index (χ2v) is 3.73. The van der Waals surface area contributed by atoms with Crippen molar-refractivity contribution in [1.82, 2.24) is 15.3 Å². The Balaban J connectivity index is 2.34. The summed E-state index contributed by atoms with van der Waals surface area (Å²) in [5.41, 5.74) is 3.20. The molecule has 0 saturated heterocycles. The molecular formula is C13H15N3O. The molecule has 4 heteroatoms. The maximum absolute atomic E-state index is 5.16. The molecule has 2 rings (SSSR count). The molecule has 0 aromatic carbocycles. The van der Waals surface area contributed by atoms with Gasteiger partial charge >= 0.3 is 0 Å². The normalized spacial score (nSPS) is 10.2. The minimum atomic E-state index is 0.751. The predicted octanol–water partition coefficient (Wildman–Crippen LogP) is 1.87. The van der Waals surface area contributed by atoms with Crippen LogP contribution in [-0.4, -0.2) is 24.1 Å². The van der Waals surface area contributed by atoms with Crippen LogP contribution in [0, 0.1) is 0 Å². The van der Waals surface area contributed by atoms with Crippen LogP contribution in [-0.2, 0) is 6.54 Å². The van der Waals surface area contributed by atoms with Gasteiger partial charge in [0, 0.05) is 36.3 Å². The largest absolute Gasteiger partial charge is 0.495 e. The number of ether oxygens (including phenoxy) is 1. The van der Waals surface area contributed by atoms with Crippen molar-refractivity contribution in [2.45, 2.75) is 6.54 Å². The highest BCUT2D eigenvalue weighted by atomic mass is 16.5. The summed E-state index contributed by atoms with van der Waals surface area (Å²) in [7, 11) is 3.55. The zero-order valence-corrected chi connectivity index (χ0v) is 9.97. The molecule has 0 bridgehead atoms. The van der Waals surface area contributed by atoms with E-state index in [1.165, 1.54) is 0 Å². The number of nitrogens with zero attached hydrogens (tertiary/aromatic N) is 2. The lowest BCUT2D eigenvalue weighted by Gasteiger charge is -2.05. The Bertz CT molecular complexity index is 500. The minimum Gasteiger partial charge on any atom is -0.495 e. The fourth-order valence-electron chi connectivity index (χ4n) is 1.63. The standard InChI is InChI=1S/C13H15N3O/c1-14-5-10-3-11(7-15-6-10)12-4-13(17-2)9-16-8-12/h3-4,6-9,14H,5H2,1-2H3. The summed E-state index contributed by atoms with van der Waals surface area (Å²) in [5, 5.41) is 3.10. The van der Waals surface area contributed by atoms with Crippen molar-refractivity contribution in [3.05, 3.63) is 42.5 Å². The van der Waals surface area contributed by atoms with Crippen LogP contribution in [0.3, 0.4) is 0 Å². The number of nitrogens with one attached hydrogen (secondary N) is 1. The number of aromatic nitrogens is 2. The Labute approximate surface area is 101 Å². The molecule has 0 unspecified atom stereocenters. The average molecular weight is 229 g/mol. The molecule has 0 amide bonds. The van der Waals surface area contributed by atoms with E-state index in [1.54, 1.807) is 13.3 Å². The van der Waals surface area contributed by atoms with Crippen LogP contribution in [0.2, 0.25) is 0 Å². The van der Waals surface area contributed by atoms with Crippen LogP contribution in [0.1, 0.15) is 5.56 Å². The maximum atomic E-state index is 5.16. The van der Waals surface area contributed by atoms with Crippen LogP contribution in [0.25, 0.3) is 11.1 Å². The van der Waals surface area contributed by atoms with Gasteiger partial charge in [-0.3, -0.25) is 9.97 Å². The molecule has 2 aromatic rings. The predicted molar refractivity (Wildman–Crippen MR) is 66.8 cm³/mol. The summed E-state index contributed by atoms with van der Waals surface area (Å²) >= 11 is 0. The van der Waals surface area contributed by atoms with Gasteiger partial charge in [0.15, 0.2) is 0 Å². The van der Waals surface area contributed by atoms with Crippen molar-refractivity contribution in [3.63, 3.8) is 0 Å². The van der Waals surface area contributed by atoms with E-state index in [0.29, 0.717) is 0 Å². The molecule has 2 aromatic heterocycles. The van der Waals surface area contributed by atoms with Crippen molar-refractivity contribution in [1.29, 1.82) is 0 Å². The summed E-state index contributed by atoms with van der Waals surface area (Å²) < 4.78 is 5.16. The quantitative estimate of drug-likeness (QED) is 0.869. The first-order valence-electron chi connectivity index (χ1n) is 5.41. The maximum Gasteiger partial charge on any atom is 0.137 e. The highest BCUT2D eigenvalue weighted by molar-refractivity contribution is 5.63. The molecule has 0 atom stereocenters.